The van der Waals surface area contributed by atoms with Gasteiger partial charge in [-0.25, -0.2) is 0 Å². The molecule has 0 aliphatic heterocycles. The number of hydrogen-bond donors (Lipinski definition) is 3. The average Bonchev–Trinajstić information content (AvgIpc) is 1.85. The fourth-order valence-corrected chi connectivity index (χ4v) is 0.695. The second kappa shape index (κ2) is 3.87. The van der Waals surface area contributed by atoms with Crippen molar-refractivity contribution in [2.45, 2.75) is 39.3 Å². The van der Waals surface area contributed by atoms with Crippen molar-refractivity contribution in [3.8, 4) is 0 Å². The molecule has 1 unspecified atom stereocenters. The number of carboxylic acids is 1. The van der Waals surface area contributed by atoms with Gasteiger partial charge in [0.25, 0.3) is 0 Å². The lowest BCUT2D eigenvalue weighted by Gasteiger charge is -2.26. The molecule has 4 heteroatoms. The molecule has 0 saturated heterocycles. The van der Waals surface area contributed by atoms with Gasteiger partial charge in [-0.15, -0.1) is 0 Å². The van der Waals surface area contributed by atoms with Gasteiger partial charge in [-0.05, 0) is 11.8 Å². The quantitative estimate of drug-likeness (QED) is 0.572. The molecular formula is C8H17NO3. The molecule has 12 heavy (non-hydrogen) atoms. The van der Waals surface area contributed by atoms with Crippen LogP contribution in [0.15, 0.2) is 0 Å². The molecule has 0 heterocycles. The first-order valence-corrected chi connectivity index (χ1v) is 3.91. The molecule has 0 radical (unpaired) electrons. The minimum atomic E-state index is -1.07. The van der Waals surface area contributed by atoms with E-state index in [2.05, 4.69) is 0 Å². The van der Waals surface area contributed by atoms with Gasteiger partial charge in [0.05, 0.1) is 6.10 Å². The van der Waals surface area contributed by atoms with Crippen LogP contribution in [0.25, 0.3) is 0 Å². The highest BCUT2D eigenvalue weighted by atomic mass is 16.4. The molecule has 0 bridgehead atoms. The Morgan fingerprint density at radius 2 is 1.92 bits per heavy atom. The van der Waals surface area contributed by atoms with Crippen molar-refractivity contribution in [3.05, 3.63) is 0 Å². The molecule has 0 aliphatic rings. The average molecular weight is 175 g/mol. The number of hydrogen-bond acceptors (Lipinski definition) is 3. The fourth-order valence-electron chi connectivity index (χ4n) is 0.695. The maximum Gasteiger partial charge on any atom is 0.320 e. The van der Waals surface area contributed by atoms with Crippen molar-refractivity contribution in [2.24, 2.45) is 11.1 Å². The summed E-state index contributed by atoms with van der Waals surface area (Å²) in [5.74, 6) is -1.07. The van der Waals surface area contributed by atoms with E-state index in [0.29, 0.717) is 0 Å². The molecule has 0 spiro atoms. The minimum absolute atomic E-state index is 0.0961. The zero-order chi connectivity index (χ0) is 9.94. The summed E-state index contributed by atoms with van der Waals surface area (Å²) in [5, 5.41) is 17.9. The van der Waals surface area contributed by atoms with Crippen LogP contribution in [0.3, 0.4) is 0 Å². The zero-order valence-corrected chi connectivity index (χ0v) is 7.74. The summed E-state index contributed by atoms with van der Waals surface area (Å²) < 4.78 is 0. The van der Waals surface area contributed by atoms with Crippen LogP contribution in [0.2, 0.25) is 0 Å². The zero-order valence-electron chi connectivity index (χ0n) is 7.74. The van der Waals surface area contributed by atoms with E-state index in [0.717, 1.165) is 0 Å². The van der Waals surface area contributed by atoms with Crippen LogP contribution in [-0.2, 0) is 4.79 Å². The molecule has 0 rings (SSSR count). The summed E-state index contributed by atoms with van der Waals surface area (Å²) in [7, 11) is 0. The number of aliphatic hydroxyl groups is 1. The number of carboxylic acid groups (broad SMARTS) is 1. The van der Waals surface area contributed by atoms with Crippen molar-refractivity contribution in [3.63, 3.8) is 0 Å². The van der Waals surface area contributed by atoms with Gasteiger partial charge in [0, 0.05) is 0 Å². The third-order valence-electron chi connectivity index (χ3n) is 1.79. The van der Waals surface area contributed by atoms with E-state index in [-0.39, 0.29) is 11.8 Å². The Morgan fingerprint density at radius 1 is 1.50 bits per heavy atom. The highest BCUT2D eigenvalue weighted by Gasteiger charge is 2.26. The highest BCUT2D eigenvalue weighted by Crippen LogP contribution is 2.22. The molecule has 0 aliphatic carbocycles. The molecule has 0 aromatic heterocycles. The van der Waals surface area contributed by atoms with Crippen LogP contribution in [0, 0.1) is 5.41 Å². The normalized spacial score (nSPS) is 17.1. The molecule has 0 saturated carbocycles. The molecule has 4 N–H and O–H groups in total. The van der Waals surface area contributed by atoms with E-state index in [9.17, 15) is 9.90 Å². The standard InChI is InChI=1S/C8H17NO3/c1-8(2,3)6(10)4-5(9)7(11)12/h5-6,10H,4,9H2,1-3H3,(H,11,12)/t5-,6?/m1/s1. The summed E-state index contributed by atoms with van der Waals surface area (Å²) in [6, 6.07) is -0.973. The van der Waals surface area contributed by atoms with Crippen LogP contribution in [0.5, 0.6) is 0 Å². The van der Waals surface area contributed by atoms with E-state index >= 15 is 0 Å². The Morgan fingerprint density at radius 3 is 2.17 bits per heavy atom. The van der Waals surface area contributed by atoms with E-state index in [1.54, 1.807) is 0 Å². The van der Waals surface area contributed by atoms with E-state index < -0.39 is 18.1 Å². The van der Waals surface area contributed by atoms with Crippen molar-refractivity contribution in [2.75, 3.05) is 0 Å². The Kier molecular flexibility index (Phi) is 3.67. The summed E-state index contributed by atoms with van der Waals surface area (Å²) >= 11 is 0. The van der Waals surface area contributed by atoms with Crippen molar-refractivity contribution in [1.29, 1.82) is 0 Å². The predicted molar refractivity (Wildman–Crippen MR) is 45.7 cm³/mol. The van der Waals surface area contributed by atoms with E-state index in [1.165, 1.54) is 0 Å². The van der Waals surface area contributed by atoms with Gasteiger partial charge in [-0.1, -0.05) is 20.8 Å². The second-order valence-corrected chi connectivity index (χ2v) is 4.06. The SMILES string of the molecule is CC(C)(C)C(O)C[C@@H](N)C(=O)O. The van der Waals surface area contributed by atoms with E-state index in [4.69, 9.17) is 10.8 Å². The Hall–Kier alpha value is -0.610. The first kappa shape index (κ1) is 11.4. The van der Waals surface area contributed by atoms with Gasteiger partial charge in [0.2, 0.25) is 0 Å². The highest BCUT2D eigenvalue weighted by molar-refractivity contribution is 5.73. The lowest BCUT2D eigenvalue weighted by molar-refractivity contribution is -0.139. The minimum Gasteiger partial charge on any atom is -0.480 e. The van der Waals surface area contributed by atoms with Gasteiger partial charge in [-0.2, -0.15) is 0 Å². The summed E-state index contributed by atoms with van der Waals surface area (Å²) in [6.07, 6.45) is -0.581. The smallest absolute Gasteiger partial charge is 0.320 e. The maximum atomic E-state index is 10.3. The molecule has 0 amide bonds. The number of aliphatic carboxylic acids is 1. The first-order chi connectivity index (χ1) is 5.25. The van der Waals surface area contributed by atoms with Crippen LogP contribution in [0.1, 0.15) is 27.2 Å². The molecule has 72 valence electrons. The van der Waals surface area contributed by atoms with Crippen LogP contribution >= 0.6 is 0 Å². The summed E-state index contributed by atoms with van der Waals surface area (Å²) in [4.78, 5) is 10.3. The topological polar surface area (TPSA) is 83.5 Å². The van der Waals surface area contributed by atoms with Gasteiger partial charge in [0.1, 0.15) is 6.04 Å². The van der Waals surface area contributed by atoms with Crippen LogP contribution in [-0.4, -0.2) is 28.3 Å². The van der Waals surface area contributed by atoms with Gasteiger partial charge >= 0.3 is 5.97 Å². The Balaban J connectivity index is 4.01. The second-order valence-electron chi connectivity index (χ2n) is 4.06. The van der Waals surface area contributed by atoms with Crippen LogP contribution in [0.4, 0.5) is 0 Å². The maximum absolute atomic E-state index is 10.3. The monoisotopic (exact) mass is 175 g/mol. The molecular weight excluding hydrogens is 158 g/mol. The van der Waals surface area contributed by atoms with Crippen molar-refractivity contribution in [1.82, 2.24) is 0 Å². The van der Waals surface area contributed by atoms with Gasteiger partial charge in [-0.3, -0.25) is 4.79 Å². The molecule has 0 fully saturated rings. The molecule has 0 aromatic carbocycles. The van der Waals surface area contributed by atoms with Crippen molar-refractivity contribution >= 4 is 5.97 Å². The lowest BCUT2D eigenvalue weighted by Crippen LogP contribution is -2.38. The number of aliphatic hydroxyl groups excluding tert-OH is 1. The molecule has 0 aromatic rings. The predicted octanol–water partition coefficient (Wildman–Crippen LogP) is 0.195. The fraction of sp³-hybridized carbons (Fsp3) is 0.875. The van der Waals surface area contributed by atoms with Gasteiger partial charge < -0.3 is 15.9 Å². The lowest BCUT2D eigenvalue weighted by atomic mass is 9.85. The number of rotatable bonds is 3. The Bertz CT molecular complexity index is 162. The summed E-state index contributed by atoms with van der Waals surface area (Å²) in [6.45, 7) is 5.52. The first-order valence-electron chi connectivity index (χ1n) is 3.91. The third kappa shape index (κ3) is 3.69. The molecule has 2 atom stereocenters. The van der Waals surface area contributed by atoms with Crippen molar-refractivity contribution < 1.29 is 15.0 Å². The van der Waals surface area contributed by atoms with Crippen LogP contribution < -0.4 is 5.73 Å². The van der Waals surface area contributed by atoms with Gasteiger partial charge in [0.15, 0.2) is 0 Å². The molecule has 4 nitrogen and oxygen atoms in total. The van der Waals surface area contributed by atoms with E-state index in [1.807, 2.05) is 20.8 Å². The Labute approximate surface area is 72.4 Å². The number of carbonyl (C=O) groups is 1. The largest absolute Gasteiger partial charge is 0.480 e. The third-order valence-corrected chi connectivity index (χ3v) is 1.79. The summed E-state index contributed by atoms with van der Waals surface area (Å²) in [5.41, 5.74) is 4.94. The number of nitrogens with two attached hydrogens (primary N) is 1.